The Balaban J connectivity index is 2.30. The number of hydrogen-bond donors (Lipinski definition) is 2. The molecule has 1 aliphatic carbocycles. The van der Waals surface area contributed by atoms with Crippen molar-refractivity contribution >= 4 is 21.9 Å². The third kappa shape index (κ3) is 5.43. The molecule has 0 bridgehead atoms. The number of benzene rings is 1. The van der Waals surface area contributed by atoms with Crippen LogP contribution in [0.15, 0.2) is 23.1 Å². The Kier molecular flexibility index (Phi) is 7.20. The maximum absolute atomic E-state index is 12.8. The van der Waals surface area contributed by atoms with Gasteiger partial charge in [-0.25, -0.2) is 13.1 Å². The summed E-state index contributed by atoms with van der Waals surface area (Å²) in [6.07, 6.45) is 3.37. The van der Waals surface area contributed by atoms with E-state index < -0.39 is 21.9 Å². The van der Waals surface area contributed by atoms with Crippen LogP contribution in [0.4, 0.5) is 0 Å². The minimum absolute atomic E-state index is 0.0547. The largest absolute Gasteiger partial charge is 0.495 e. The molecule has 0 heterocycles. The van der Waals surface area contributed by atoms with E-state index in [0.717, 1.165) is 25.7 Å². The molecule has 0 aliphatic heterocycles. The highest BCUT2D eigenvalue weighted by molar-refractivity contribution is 7.89. The predicted octanol–water partition coefficient (Wildman–Crippen LogP) is 1.85. The van der Waals surface area contributed by atoms with E-state index in [-0.39, 0.29) is 35.2 Å². The van der Waals surface area contributed by atoms with E-state index in [2.05, 4.69) is 4.72 Å². The number of sulfonamides is 1. The second-order valence-electron chi connectivity index (χ2n) is 6.50. The smallest absolute Gasteiger partial charge is 0.305 e. The highest BCUT2D eigenvalue weighted by Crippen LogP contribution is 2.27. The molecule has 0 unspecified atom stereocenters. The van der Waals surface area contributed by atoms with Gasteiger partial charge >= 0.3 is 5.97 Å². The molecule has 8 nitrogen and oxygen atoms in total. The number of nitrogens with zero attached hydrogens (tertiary/aromatic N) is 1. The summed E-state index contributed by atoms with van der Waals surface area (Å²) in [6.45, 7) is 2.11. The first-order valence-electron chi connectivity index (χ1n) is 9.00. The van der Waals surface area contributed by atoms with Crippen molar-refractivity contribution in [2.24, 2.45) is 0 Å². The van der Waals surface area contributed by atoms with Crippen LogP contribution in [-0.4, -0.2) is 56.5 Å². The van der Waals surface area contributed by atoms with Crippen LogP contribution in [-0.2, 0) is 14.8 Å². The van der Waals surface area contributed by atoms with Crippen LogP contribution in [0.25, 0.3) is 0 Å². The number of hydrogen-bond acceptors (Lipinski definition) is 5. The number of ether oxygens (including phenoxy) is 1. The van der Waals surface area contributed by atoms with Crippen molar-refractivity contribution in [1.82, 2.24) is 9.62 Å². The van der Waals surface area contributed by atoms with Crippen LogP contribution in [0.2, 0.25) is 0 Å². The summed E-state index contributed by atoms with van der Waals surface area (Å²) in [7, 11) is -2.47. The molecule has 1 fully saturated rings. The molecule has 1 aromatic carbocycles. The lowest BCUT2D eigenvalue weighted by molar-refractivity contribution is -0.137. The highest BCUT2D eigenvalue weighted by atomic mass is 32.2. The van der Waals surface area contributed by atoms with E-state index in [1.807, 2.05) is 0 Å². The minimum atomic E-state index is -3.84. The summed E-state index contributed by atoms with van der Waals surface area (Å²) in [6, 6.07) is 4.12. The second kappa shape index (κ2) is 9.18. The minimum Gasteiger partial charge on any atom is -0.495 e. The quantitative estimate of drug-likeness (QED) is 0.656. The van der Waals surface area contributed by atoms with E-state index in [0.29, 0.717) is 6.54 Å². The van der Waals surface area contributed by atoms with Gasteiger partial charge in [-0.1, -0.05) is 12.8 Å². The average molecular weight is 398 g/mol. The summed E-state index contributed by atoms with van der Waals surface area (Å²) in [5, 5.41) is 8.82. The number of rotatable bonds is 9. The number of nitrogens with one attached hydrogen (secondary N) is 1. The number of carbonyl (C=O) groups excluding carboxylic acids is 1. The molecular weight excluding hydrogens is 372 g/mol. The zero-order valence-electron chi connectivity index (χ0n) is 15.6. The van der Waals surface area contributed by atoms with Gasteiger partial charge in [0.2, 0.25) is 10.0 Å². The molecule has 2 rings (SSSR count). The van der Waals surface area contributed by atoms with Crippen molar-refractivity contribution in [2.75, 3.05) is 20.2 Å². The summed E-state index contributed by atoms with van der Waals surface area (Å²) in [4.78, 5) is 24.7. The molecule has 0 aromatic heterocycles. The number of amides is 1. The van der Waals surface area contributed by atoms with Crippen molar-refractivity contribution in [2.45, 2.75) is 50.0 Å². The first-order valence-corrected chi connectivity index (χ1v) is 10.5. The molecular formula is C18H26N2O6S. The topological polar surface area (TPSA) is 113 Å². The maximum Gasteiger partial charge on any atom is 0.305 e. The molecule has 2 N–H and O–H groups in total. The Bertz CT molecular complexity index is 787. The second-order valence-corrected chi connectivity index (χ2v) is 8.18. The van der Waals surface area contributed by atoms with E-state index in [9.17, 15) is 18.0 Å². The molecule has 1 aromatic rings. The van der Waals surface area contributed by atoms with Crippen LogP contribution < -0.4 is 9.46 Å². The number of carboxylic acid groups (broad SMARTS) is 1. The van der Waals surface area contributed by atoms with Crippen molar-refractivity contribution in [3.8, 4) is 5.75 Å². The lowest BCUT2D eigenvalue weighted by Crippen LogP contribution is -2.34. The summed E-state index contributed by atoms with van der Waals surface area (Å²) in [5.41, 5.74) is 0.176. The molecule has 27 heavy (non-hydrogen) atoms. The van der Waals surface area contributed by atoms with Gasteiger partial charge < -0.3 is 14.7 Å². The molecule has 0 atom stereocenters. The van der Waals surface area contributed by atoms with Gasteiger partial charge in [-0.3, -0.25) is 9.59 Å². The number of carboxylic acids is 1. The van der Waals surface area contributed by atoms with E-state index in [1.165, 1.54) is 30.2 Å². The van der Waals surface area contributed by atoms with Crippen LogP contribution in [0.3, 0.4) is 0 Å². The lowest BCUT2D eigenvalue weighted by Gasteiger charge is -2.21. The molecule has 1 amide bonds. The average Bonchev–Trinajstić information content (AvgIpc) is 3.13. The molecule has 1 aliphatic rings. The fourth-order valence-corrected chi connectivity index (χ4v) is 4.66. The molecule has 0 spiro atoms. The third-order valence-corrected chi connectivity index (χ3v) is 6.18. The van der Waals surface area contributed by atoms with Gasteiger partial charge in [0, 0.05) is 24.7 Å². The zero-order chi connectivity index (χ0) is 20.0. The van der Waals surface area contributed by atoms with E-state index in [4.69, 9.17) is 9.84 Å². The van der Waals surface area contributed by atoms with Crippen LogP contribution >= 0.6 is 0 Å². The van der Waals surface area contributed by atoms with Crippen LogP contribution in [0.1, 0.15) is 49.4 Å². The molecule has 1 saturated carbocycles. The highest BCUT2D eigenvalue weighted by Gasteiger charge is 2.27. The first kappa shape index (κ1) is 21.2. The van der Waals surface area contributed by atoms with Gasteiger partial charge in [-0.15, -0.1) is 0 Å². The Morgan fingerprint density at radius 3 is 2.52 bits per heavy atom. The van der Waals surface area contributed by atoms with Gasteiger partial charge in [0.25, 0.3) is 5.91 Å². The molecule has 150 valence electrons. The van der Waals surface area contributed by atoms with E-state index in [1.54, 1.807) is 6.92 Å². The van der Waals surface area contributed by atoms with Crippen LogP contribution in [0.5, 0.6) is 5.75 Å². The Labute approximate surface area is 159 Å². The monoisotopic (exact) mass is 398 g/mol. The third-order valence-electron chi connectivity index (χ3n) is 4.64. The number of carbonyl (C=O) groups is 2. The number of methoxy groups -OCH3 is 1. The standard InChI is InChI=1S/C18H26N2O6S/c1-3-20(11-10-17(21)22)18(23)13-8-9-15(26-2)16(12-13)27(24,25)19-14-6-4-5-7-14/h8-9,12,14,19H,3-7,10-11H2,1-2H3,(H,21,22). The molecule has 0 radical (unpaired) electrons. The van der Waals surface area contributed by atoms with Crippen molar-refractivity contribution in [3.05, 3.63) is 23.8 Å². The predicted molar refractivity (Wildman–Crippen MR) is 99.4 cm³/mol. The number of aliphatic carboxylic acids is 1. The Morgan fingerprint density at radius 1 is 1.30 bits per heavy atom. The van der Waals surface area contributed by atoms with Gasteiger partial charge in [0.1, 0.15) is 10.6 Å². The fourth-order valence-electron chi connectivity index (χ4n) is 3.16. The summed E-state index contributed by atoms with van der Waals surface area (Å²) >= 11 is 0. The van der Waals surface area contributed by atoms with Crippen molar-refractivity contribution in [3.63, 3.8) is 0 Å². The van der Waals surface area contributed by atoms with Gasteiger partial charge in [0.15, 0.2) is 0 Å². The van der Waals surface area contributed by atoms with Crippen LogP contribution in [0, 0.1) is 0 Å². The SMILES string of the molecule is CCN(CCC(=O)O)C(=O)c1ccc(OC)c(S(=O)(=O)NC2CCCC2)c1. The first-order chi connectivity index (χ1) is 12.8. The maximum atomic E-state index is 12.8. The van der Waals surface area contributed by atoms with Gasteiger partial charge in [-0.05, 0) is 38.0 Å². The Morgan fingerprint density at radius 2 is 1.96 bits per heavy atom. The molecule has 0 saturated heterocycles. The normalized spacial score (nSPS) is 14.9. The van der Waals surface area contributed by atoms with Gasteiger partial charge in [0.05, 0.1) is 13.5 Å². The lowest BCUT2D eigenvalue weighted by atomic mass is 10.2. The van der Waals surface area contributed by atoms with Crippen molar-refractivity contribution < 1.29 is 27.9 Å². The molecule has 9 heteroatoms. The summed E-state index contributed by atoms with van der Waals surface area (Å²) in [5.74, 6) is -1.26. The fraction of sp³-hybridized carbons (Fsp3) is 0.556. The Hall–Kier alpha value is -2.13. The summed E-state index contributed by atoms with van der Waals surface area (Å²) < 4.78 is 33.5. The zero-order valence-corrected chi connectivity index (χ0v) is 16.4. The van der Waals surface area contributed by atoms with Crippen molar-refractivity contribution in [1.29, 1.82) is 0 Å². The van der Waals surface area contributed by atoms with E-state index >= 15 is 0 Å². The van der Waals surface area contributed by atoms with Gasteiger partial charge in [-0.2, -0.15) is 0 Å².